The van der Waals surface area contributed by atoms with Crippen molar-refractivity contribution >= 4 is 10.2 Å². The van der Waals surface area contributed by atoms with Crippen LogP contribution >= 0.6 is 0 Å². The summed E-state index contributed by atoms with van der Waals surface area (Å²) < 4.78 is 34.0. The van der Waals surface area contributed by atoms with Gasteiger partial charge in [0.25, 0.3) is 10.2 Å². The van der Waals surface area contributed by atoms with E-state index in [9.17, 15) is 8.42 Å². The lowest BCUT2D eigenvalue weighted by Crippen LogP contribution is -2.53. The van der Waals surface area contributed by atoms with E-state index in [1.54, 1.807) is 8.61 Å². The van der Waals surface area contributed by atoms with Crippen molar-refractivity contribution in [2.75, 3.05) is 39.4 Å². The van der Waals surface area contributed by atoms with Crippen molar-refractivity contribution in [1.29, 1.82) is 0 Å². The minimum atomic E-state index is -3.30. The molecule has 3 saturated heterocycles. The maximum absolute atomic E-state index is 12.7. The van der Waals surface area contributed by atoms with Gasteiger partial charge >= 0.3 is 0 Å². The van der Waals surface area contributed by atoms with Crippen LogP contribution in [0.3, 0.4) is 0 Å². The number of nitrogens with zero attached hydrogens (tertiary/aromatic N) is 2. The van der Waals surface area contributed by atoms with Gasteiger partial charge in [0.1, 0.15) is 0 Å². The zero-order valence-electron chi connectivity index (χ0n) is 11.3. The van der Waals surface area contributed by atoms with E-state index in [0.29, 0.717) is 38.9 Å². The van der Waals surface area contributed by atoms with Crippen LogP contribution in [0.2, 0.25) is 0 Å². The highest BCUT2D eigenvalue weighted by Gasteiger charge is 2.42. The fourth-order valence-corrected chi connectivity index (χ4v) is 5.28. The number of nitrogens with one attached hydrogen (secondary N) is 1. The summed E-state index contributed by atoms with van der Waals surface area (Å²) in [6, 6.07) is 0.494. The summed E-state index contributed by atoms with van der Waals surface area (Å²) in [5.74, 6) is 0. The average molecular weight is 289 g/mol. The van der Waals surface area contributed by atoms with Gasteiger partial charge in [-0.05, 0) is 32.2 Å². The zero-order valence-corrected chi connectivity index (χ0v) is 12.1. The molecule has 3 aliphatic rings. The van der Waals surface area contributed by atoms with E-state index >= 15 is 0 Å². The molecule has 1 N–H and O–H groups in total. The smallest absolute Gasteiger partial charge is 0.282 e. The number of ether oxygens (including phenoxy) is 1. The van der Waals surface area contributed by atoms with Crippen molar-refractivity contribution in [2.24, 2.45) is 0 Å². The van der Waals surface area contributed by atoms with Gasteiger partial charge in [-0.2, -0.15) is 17.0 Å². The Morgan fingerprint density at radius 1 is 1.05 bits per heavy atom. The molecule has 0 saturated carbocycles. The first-order chi connectivity index (χ1) is 9.19. The molecule has 110 valence electrons. The summed E-state index contributed by atoms with van der Waals surface area (Å²) in [7, 11) is -3.30. The van der Waals surface area contributed by atoms with E-state index in [4.69, 9.17) is 4.74 Å². The monoisotopic (exact) mass is 289 g/mol. The lowest BCUT2D eigenvalue weighted by atomic mass is 10.1. The maximum Gasteiger partial charge on any atom is 0.282 e. The molecule has 2 unspecified atom stereocenters. The molecule has 0 aliphatic carbocycles. The second kappa shape index (κ2) is 5.65. The van der Waals surface area contributed by atoms with Gasteiger partial charge in [0.15, 0.2) is 0 Å². The standard InChI is InChI=1S/C12H23N3O3S/c16-19(17,14-7-9-18-10-8-14)15-6-2-4-12(15)11-3-1-5-13-11/h11-13H,1-10H2. The molecule has 3 heterocycles. The quantitative estimate of drug-likeness (QED) is 0.780. The molecule has 3 fully saturated rings. The van der Waals surface area contributed by atoms with Crippen molar-refractivity contribution in [3.05, 3.63) is 0 Å². The number of hydrogen-bond acceptors (Lipinski definition) is 4. The Kier molecular flexibility index (Phi) is 4.09. The van der Waals surface area contributed by atoms with Gasteiger partial charge in [-0.15, -0.1) is 0 Å². The molecule has 6 nitrogen and oxygen atoms in total. The van der Waals surface area contributed by atoms with Crippen LogP contribution in [0.25, 0.3) is 0 Å². The third-order valence-corrected chi connectivity index (χ3v) is 6.47. The van der Waals surface area contributed by atoms with E-state index < -0.39 is 10.2 Å². The van der Waals surface area contributed by atoms with Gasteiger partial charge in [-0.25, -0.2) is 0 Å². The lowest BCUT2D eigenvalue weighted by Gasteiger charge is -2.34. The fraction of sp³-hybridized carbons (Fsp3) is 1.00. The predicted molar refractivity (Wildman–Crippen MR) is 72.1 cm³/mol. The molecule has 19 heavy (non-hydrogen) atoms. The molecular weight excluding hydrogens is 266 g/mol. The molecule has 0 bridgehead atoms. The van der Waals surface area contributed by atoms with Crippen LogP contribution in [0.4, 0.5) is 0 Å². The Morgan fingerprint density at radius 2 is 1.84 bits per heavy atom. The van der Waals surface area contributed by atoms with Gasteiger partial charge < -0.3 is 10.1 Å². The fourth-order valence-electron chi connectivity index (χ4n) is 3.42. The molecule has 0 radical (unpaired) electrons. The Labute approximate surface area is 115 Å². The van der Waals surface area contributed by atoms with E-state index in [0.717, 1.165) is 32.2 Å². The first kappa shape index (κ1) is 13.8. The Hall–Kier alpha value is -0.210. The SMILES string of the molecule is O=S(=O)(N1CCOCC1)N1CCCC1C1CCCN1. The van der Waals surface area contributed by atoms with E-state index in [-0.39, 0.29) is 6.04 Å². The van der Waals surface area contributed by atoms with Crippen molar-refractivity contribution in [3.8, 4) is 0 Å². The zero-order chi connectivity index (χ0) is 13.3. The highest BCUT2D eigenvalue weighted by molar-refractivity contribution is 7.86. The van der Waals surface area contributed by atoms with Crippen LogP contribution in [0, 0.1) is 0 Å². The molecule has 2 atom stereocenters. The third-order valence-electron chi connectivity index (χ3n) is 4.40. The summed E-state index contributed by atoms with van der Waals surface area (Å²) in [5, 5.41) is 3.45. The minimum Gasteiger partial charge on any atom is -0.379 e. The van der Waals surface area contributed by atoms with Crippen LogP contribution in [0.5, 0.6) is 0 Å². The molecule has 0 aromatic heterocycles. The Balaban J connectivity index is 1.74. The molecular formula is C12H23N3O3S. The van der Waals surface area contributed by atoms with Gasteiger partial charge in [-0.3, -0.25) is 0 Å². The molecule has 0 aromatic carbocycles. The van der Waals surface area contributed by atoms with Crippen molar-refractivity contribution in [2.45, 2.75) is 37.8 Å². The second-order valence-electron chi connectivity index (χ2n) is 5.54. The van der Waals surface area contributed by atoms with Crippen LogP contribution in [-0.4, -0.2) is 68.5 Å². The van der Waals surface area contributed by atoms with Gasteiger partial charge in [0, 0.05) is 31.7 Å². The van der Waals surface area contributed by atoms with Crippen LogP contribution in [0.1, 0.15) is 25.7 Å². The molecule has 7 heteroatoms. The Bertz CT molecular complexity index is 402. The van der Waals surface area contributed by atoms with Gasteiger partial charge in [0.2, 0.25) is 0 Å². The normalized spacial score (nSPS) is 34.9. The topological polar surface area (TPSA) is 61.9 Å². The summed E-state index contributed by atoms with van der Waals surface area (Å²) in [5.41, 5.74) is 0. The van der Waals surface area contributed by atoms with E-state index in [1.807, 2.05) is 0 Å². The highest BCUT2D eigenvalue weighted by Crippen LogP contribution is 2.28. The van der Waals surface area contributed by atoms with Crippen molar-refractivity contribution < 1.29 is 13.2 Å². The predicted octanol–water partition coefficient (Wildman–Crippen LogP) is -0.220. The summed E-state index contributed by atoms with van der Waals surface area (Å²) in [6.45, 7) is 3.70. The summed E-state index contributed by atoms with van der Waals surface area (Å²) >= 11 is 0. The average Bonchev–Trinajstić information content (AvgIpc) is 3.10. The molecule has 3 rings (SSSR count). The summed E-state index contributed by atoms with van der Waals surface area (Å²) in [4.78, 5) is 0. The van der Waals surface area contributed by atoms with Crippen LogP contribution in [0.15, 0.2) is 0 Å². The van der Waals surface area contributed by atoms with Crippen molar-refractivity contribution in [3.63, 3.8) is 0 Å². The molecule has 0 amide bonds. The highest BCUT2D eigenvalue weighted by atomic mass is 32.2. The third kappa shape index (κ3) is 2.67. The number of rotatable bonds is 3. The van der Waals surface area contributed by atoms with Crippen molar-refractivity contribution in [1.82, 2.24) is 13.9 Å². The van der Waals surface area contributed by atoms with E-state index in [2.05, 4.69) is 5.32 Å². The van der Waals surface area contributed by atoms with Gasteiger partial charge in [-0.1, -0.05) is 0 Å². The second-order valence-corrected chi connectivity index (χ2v) is 7.42. The first-order valence-corrected chi connectivity index (χ1v) is 8.67. The molecule has 0 aromatic rings. The van der Waals surface area contributed by atoms with E-state index in [1.165, 1.54) is 0 Å². The Morgan fingerprint density at radius 3 is 2.53 bits per heavy atom. The lowest BCUT2D eigenvalue weighted by molar-refractivity contribution is 0.0696. The maximum atomic E-state index is 12.7. The number of hydrogen-bond donors (Lipinski definition) is 1. The minimum absolute atomic E-state index is 0.148. The number of morpholine rings is 1. The summed E-state index contributed by atoms with van der Waals surface area (Å²) in [6.07, 6.45) is 4.22. The van der Waals surface area contributed by atoms with Crippen LogP contribution < -0.4 is 5.32 Å². The van der Waals surface area contributed by atoms with Gasteiger partial charge in [0.05, 0.1) is 13.2 Å². The first-order valence-electron chi connectivity index (χ1n) is 7.27. The van der Waals surface area contributed by atoms with Crippen LogP contribution in [-0.2, 0) is 14.9 Å². The molecule has 3 aliphatic heterocycles. The largest absolute Gasteiger partial charge is 0.379 e. The molecule has 0 spiro atoms.